The number of fused-ring (bicyclic) bond motifs is 1. The molecule has 7 nitrogen and oxygen atoms in total. The van der Waals surface area contributed by atoms with Gasteiger partial charge in [-0.25, -0.2) is 13.4 Å². The number of amides is 1. The molecular formula is C27H28N4O3S. The molecule has 0 saturated carbocycles. The molecular weight excluding hydrogens is 460 g/mol. The van der Waals surface area contributed by atoms with Crippen LogP contribution in [-0.2, 0) is 21.2 Å². The third kappa shape index (κ3) is 5.13. The third-order valence-corrected chi connectivity index (χ3v) is 8.46. The monoisotopic (exact) mass is 488 g/mol. The molecule has 1 aliphatic heterocycles. The third-order valence-electron chi connectivity index (χ3n) is 6.54. The number of nitrogens with one attached hydrogen (secondary N) is 2. The molecule has 0 unspecified atom stereocenters. The Kier molecular flexibility index (Phi) is 6.66. The first-order valence-electron chi connectivity index (χ1n) is 11.8. The SMILES string of the molecule is O=C(N[C@@H](Cc1ccccc1)c1nc2ccccc2[nH]1)C1CCN(S(=O)(=O)c2ccccc2)CC1. The minimum atomic E-state index is -3.55. The minimum absolute atomic E-state index is 0.0665. The van der Waals surface area contributed by atoms with Crippen LogP contribution >= 0.6 is 0 Å². The van der Waals surface area contributed by atoms with E-state index in [1.807, 2.05) is 54.6 Å². The van der Waals surface area contributed by atoms with Crippen LogP contribution in [0.25, 0.3) is 11.0 Å². The van der Waals surface area contributed by atoms with Crippen molar-refractivity contribution >= 4 is 27.0 Å². The molecule has 1 aliphatic rings. The average molecular weight is 489 g/mol. The van der Waals surface area contributed by atoms with E-state index >= 15 is 0 Å². The van der Waals surface area contributed by atoms with Crippen molar-refractivity contribution < 1.29 is 13.2 Å². The van der Waals surface area contributed by atoms with Crippen molar-refractivity contribution in [1.29, 1.82) is 0 Å². The quantitative estimate of drug-likeness (QED) is 0.410. The number of rotatable bonds is 7. The maximum Gasteiger partial charge on any atom is 0.243 e. The fourth-order valence-corrected chi connectivity index (χ4v) is 6.08. The van der Waals surface area contributed by atoms with E-state index in [0.29, 0.717) is 38.2 Å². The van der Waals surface area contributed by atoms with E-state index in [9.17, 15) is 13.2 Å². The van der Waals surface area contributed by atoms with Crippen LogP contribution in [0.4, 0.5) is 0 Å². The van der Waals surface area contributed by atoms with E-state index in [0.717, 1.165) is 16.6 Å². The van der Waals surface area contributed by atoms with Gasteiger partial charge in [-0.15, -0.1) is 0 Å². The summed E-state index contributed by atoms with van der Waals surface area (Å²) in [5, 5.41) is 3.20. The molecule has 180 valence electrons. The van der Waals surface area contributed by atoms with E-state index in [1.165, 1.54) is 4.31 Å². The minimum Gasteiger partial charge on any atom is -0.346 e. The smallest absolute Gasteiger partial charge is 0.243 e. The van der Waals surface area contributed by atoms with E-state index < -0.39 is 10.0 Å². The van der Waals surface area contributed by atoms with E-state index in [1.54, 1.807) is 30.3 Å². The molecule has 35 heavy (non-hydrogen) atoms. The highest BCUT2D eigenvalue weighted by molar-refractivity contribution is 7.89. The van der Waals surface area contributed by atoms with Crippen molar-refractivity contribution in [2.75, 3.05) is 13.1 Å². The van der Waals surface area contributed by atoms with E-state index in [4.69, 9.17) is 4.98 Å². The van der Waals surface area contributed by atoms with Gasteiger partial charge in [-0.1, -0.05) is 60.7 Å². The molecule has 2 N–H and O–H groups in total. The normalized spacial score (nSPS) is 16.2. The number of sulfonamides is 1. The number of para-hydroxylation sites is 2. The van der Waals surface area contributed by atoms with Gasteiger partial charge in [0.1, 0.15) is 5.82 Å². The van der Waals surface area contributed by atoms with Gasteiger partial charge in [-0.3, -0.25) is 4.79 Å². The Balaban J connectivity index is 1.29. The Morgan fingerprint density at radius 3 is 2.26 bits per heavy atom. The zero-order chi connectivity index (χ0) is 24.3. The summed E-state index contributed by atoms with van der Waals surface area (Å²) in [4.78, 5) is 21.7. The lowest BCUT2D eigenvalue weighted by Gasteiger charge is -2.31. The van der Waals surface area contributed by atoms with Crippen molar-refractivity contribution in [1.82, 2.24) is 19.6 Å². The number of aromatic amines is 1. The van der Waals surface area contributed by atoms with Crippen molar-refractivity contribution in [3.8, 4) is 0 Å². The highest BCUT2D eigenvalue weighted by atomic mass is 32.2. The topological polar surface area (TPSA) is 95.2 Å². The fourth-order valence-electron chi connectivity index (χ4n) is 4.59. The van der Waals surface area contributed by atoms with Crippen molar-refractivity contribution in [2.45, 2.75) is 30.2 Å². The molecule has 1 fully saturated rings. The van der Waals surface area contributed by atoms with Crippen molar-refractivity contribution in [2.24, 2.45) is 5.92 Å². The summed E-state index contributed by atoms with van der Waals surface area (Å²) in [6.07, 6.45) is 1.57. The average Bonchev–Trinajstić information content (AvgIpc) is 3.34. The van der Waals surface area contributed by atoms with Crippen LogP contribution in [0.2, 0.25) is 0 Å². The lowest BCUT2D eigenvalue weighted by molar-refractivity contribution is -0.127. The molecule has 4 aromatic rings. The van der Waals surface area contributed by atoms with Gasteiger partial charge in [0.2, 0.25) is 15.9 Å². The van der Waals surface area contributed by atoms with Crippen molar-refractivity contribution in [3.63, 3.8) is 0 Å². The number of carbonyl (C=O) groups excluding carboxylic acids is 1. The van der Waals surface area contributed by atoms with Gasteiger partial charge >= 0.3 is 0 Å². The summed E-state index contributed by atoms with van der Waals surface area (Å²) in [6, 6.07) is 25.9. The summed E-state index contributed by atoms with van der Waals surface area (Å²) in [5.74, 6) is 0.399. The van der Waals surface area contributed by atoms with Gasteiger partial charge in [-0.05, 0) is 49.1 Å². The number of hydrogen-bond donors (Lipinski definition) is 2. The molecule has 0 radical (unpaired) electrons. The molecule has 1 saturated heterocycles. The first-order chi connectivity index (χ1) is 17.0. The maximum absolute atomic E-state index is 13.3. The number of aromatic nitrogens is 2. The van der Waals surface area contributed by atoms with Crippen LogP contribution in [0.1, 0.15) is 30.3 Å². The second-order valence-electron chi connectivity index (χ2n) is 8.88. The lowest BCUT2D eigenvalue weighted by atomic mass is 9.96. The number of piperidine rings is 1. The van der Waals surface area contributed by atoms with Gasteiger partial charge in [0.05, 0.1) is 22.0 Å². The molecule has 2 heterocycles. The molecule has 0 spiro atoms. The Hall–Kier alpha value is -3.49. The number of hydrogen-bond acceptors (Lipinski definition) is 4. The second-order valence-corrected chi connectivity index (χ2v) is 10.8. The highest BCUT2D eigenvalue weighted by Gasteiger charge is 2.33. The van der Waals surface area contributed by atoms with Gasteiger partial charge in [-0.2, -0.15) is 4.31 Å². The van der Waals surface area contributed by atoms with Gasteiger partial charge in [0, 0.05) is 19.0 Å². The van der Waals surface area contributed by atoms with Gasteiger partial charge in [0.25, 0.3) is 0 Å². The predicted octanol–water partition coefficient (Wildman–Crippen LogP) is 4.06. The van der Waals surface area contributed by atoms with E-state index in [-0.39, 0.29) is 22.8 Å². The lowest BCUT2D eigenvalue weighted by Crippen LogP contribution is -2.44. The summed E-state index contributed by atoms with van der Waals surface area (Å²) in [7, 11) is -3.55. The molecule has 1 aromatic heterocycles. The molecule has 1 amide bonds. The van der Waals surface area contributed by atoms with Crippen LogP contribution in [0.5, 0.6) is 0 Å². The van der Waals surface area contributed by atoms with Crippen molar-refractivity contribution in [3.05, 3.63) is 96.3 Å². The van der Waals surface area contributed by atoms with Gasteiger partial charge < -0.3 is 10.3 Å². The largest absolute Gasteiger partial charge is 0.346 e. The Labute approximate surface area is 205 Å². The molecule has 0 bridgehead atoms. The molecule has 1 atom stereocenters. The van der Waals surface area contributed by atoms with E-state index in [2.05, 4.69) is 10.3 Å². The molecule has 8 heteroatoms. The number of imidazole rings is 1. The van der Waals surface area contributed by atoms with Crippen LogP contribution < -0.4 is 5.32 Å². The first-order valence-corrected chi connectivity index (χ1v) is 13.3. The van der Waals surface area contributed by atoms with Crippen LogP contribution in [0.15, 0.2) is 89.8 Å². The highest BCUT2D eigenvalue weighted by Crippen LogP contribution is 2.26. The number of benzene rings is 3. The van der Waals surface area contributed by atoms with Crippen LogP contribution in [0.3, 0.4) is 0 Å². The predicted molar refractivity (Wildman–Crippen MR) is 135 cm³/mol. The Morgan fingerprint density at radius 2 is 1.57 bits per heavy atom. The second kappa shape index (κ2) is 10.0. The first kappa shape index (κ1) is 23.3. The molecule has 3 aromatic carbocycles. The maximum atomic E-state index is 13.3. The molecule has 0 aliphatic carbocycles. The number of H-pyrrole nitrogens is 1. The summed E-state index contributed by atoms with van der Waals surface area (Å²) in [5.41, 5.74) is 2.88. The zero-order valence-electron chi connectivity index (χ0n) is 19.3. The summed E-state index contributed by atoms with van der Waals surface area (Å²) in [6.45, 7) is 0.645. The van der Waals surface area contributed by atoms with Gasteiger partial charge in [0.15, 0.2) is 0 Å². The number of carbonyl (C=O) groups is 1. The summed E-state index contributed by atoms with van der Waals surface area (Å²) < 4.78 is 27.3. The fraction of sp³-hybridized carbons (Fsp3) is 0.259. The molecule has 5 rings (SSSR count). The van der Waals surface area contributed by atoms with Crippen LogP contribution in [-0.4, -0.2) is 41.7 Å². The summed E-state index contributed by atoms with van der Waals surface area (Å²) >= 11 is 0. The Morgan fingerprint density at radius 1 is 0.943 bits per heavy atom. The number of nitrogens with zero attached hydrogens (tertiary/aromatic N) is 2. The zero-order valence-corrected chi connectivity index (χ0v) is 20.1. The standard InChI is InChI=1S/C27H28N4O3S/c32-27(21-15-17-31(18-16-21)35(33,34)22-11-5-2-6-12-22)30-25(19-20-9-3-1-4-10-20)26-28-23-13-7-8-14-24(23)29-26/h1-14,21,25H,15-19H2,(H,28,29)(H,30,32)/t25-/m0/s1. The Bertz CT molecular complexity index is 1360. The van der Waals surface area contributed by atoms with Crippen LogP contribution in [0, 0.1) is 5.92 Å².